The molecule has 120 valence electrons. The zero-order valence-electron chi connectivity index (χ0n) is 14.2. The van der Waals surface area contributed by atoms with Crippen LogP contribution >= 0.6 is 0 Å². The summed E-state index contributed by atoms with van der Waals surface area (Å²) in [5.41, 5.74) is 2.19. The second-order valence-corrected chi connectivity index (χ2v) is 9.19. The molecule has 0 saturated heterocycles. The summed E-state index contributed by atoms with van der Waals surface area (Å²) in [6, 6.07) is 21.1. The monoisotopic (exact) mass is 380 g/mol. The van der Waals surface area contributed by atoms with Crippen molar-refractivity contribution >= 4 is 67.2 Å². The van der Waals surface area contributed by atoms with E-state index in [1.54, 1.807) is 0 Å². The summed E-state index contributed by atoms with van der Waals surface area (Å²) in [4.78, 5) is 0. The molecule has 5 heteroatoms. The minimum atomic E-state index is -1.89. The molecule has 0 aromatic heterocycles. The molecular weight excluding hydrogens is 367 g/mol. The molecule has 0 spiro atoms. The smallest absolute Gasteiger partial charge is 0.612 e. The molecule has 5 rings (SSSR count). The average molecular weight is 380 g/mol. The molecule has 0 saturated carbocycles. The fourth-order valence-corrected chi connectivity index (χ4v) is 5.87. The molecule has 1 aliphatic heterocycles. The Morgan fingerprint density at radius 1 is 0.692 bits per heavy atom. The van der Waals surface area contributed by atoms with Crippen molar-refractivity contribution in [3.05, 3.63) is 60.7 Å². The summed E-state index contributed by atoms with van der Waals surface area (Å²) < 4.78 is 12.7. The van der Waals surface area contributed by atoms with E-state index in [0.717, 1.165) is 33.0 Å². The van der Waals surface area contributed by atoms with E-state index in [9.17, 15) is 0 Å². The van der Waals surface area contributed by atoms with E-state index in [0.29, 0.717) is 0 Å². The first-order valence-electron chi connectivity index (χ1n) is 8.52. The molecule has 2 nitrogen and oxygen atoms in total. The second kappa shape index (κ2) is 6.00. The van der Waals surface area contributed by atoms with Crippen LogP contribution in [0.1, 0.15) is 0 Å². The molecule has 0 amide bonds. The van der Waals surface area contributed by atoms with Crippen LogP contribution in [-0.2, 0) is 0 Å². The van der Waals surface area contributed by atoms with E-state index < -0.39 is 14.8 Å². The summed E-state index contributed by atoms with van der Waals surface area (Å²) >= 11 is -1.89. The van der Waals surface area contributed by atoms with Gasteiger partial charge in [-0.05, 0) is 37.7 Å². The highest BCUT2D eigenvalue weighted by Crippen LogP contribution is 2.45. The van der Waals surface area contributed by atoms with Crippen molar-refractivity contribution in [3.63, 3.8) is 0 Å². The highest BCUT2D eigenvalue weighted by molar-refractivity contribution is 6.48. The van der Waals surface area contributed by atoms with Crippen molar-refractivity contribution in [2.75, 3.05) is 0 Å². The fraction of sp³-hybridized carbons (Fsp3) is 0.0476. The maximum atomic E-state index is 6.33. The van der Waals surface area contributed by atoms with Gasteiger partial charge >= 0.3 is 14.8 Å². The predicted octanol–water partition coefficient (Wildman–Crippen LogP) is 3.14. The van der Waals surface area contributed by atoms with Crippen molar-refractivity contribution in [1.29, 1.82) is 0 Å². The standard InChI is InChI=1S/C20H12O2Si2.CH3.Al/c21-19-15(23)9-11-5-1-3-7-13(11)17(19)18-14-8-4-2-6-12(14)10-16(24)20(18)22;;/h1-10,21-22H;1H3;/q;;+2/p-2. The van der Waals surface area contributed by atoms with Gasteiger partial charge in [0.2, 0.25) is 0 Å². The summed E-state index contributed by atoms with van der Waals surface area (Å²) in [5.74, 6) is 3.81. The van der Waals surface area contributed by atoms with Crippen molar-refractivity contribution in [1.82, 2.24) is 0 Å². The van der Waals surface area contributed by atoms with Gasteiger partial charge in [-0.2, -0.15) is 0 Å². The normalized spacial score (nSPS) is 13.0. The lowest BCUT2D eigenvalue weighted by Gasteiger charge is -2.18. The lowest BCUT2D eigenvalue weighted by Crippen LogP contribution is -2.28. The third kappa shape index (κ3) is 2.36. The van der Waals surface area contributed by atoms with Crippen molar-refractivity contribution < 1.29 is 7.58 Å². The van der Waals surface area contributed by atoms with Gasteiger partial charge in [-0.25, -0.2) is 0 Å². The van der Waals surface area contributed by atoms with Gasteiger partial charge in [0, 0.05) is 11.1 Å². The van der Waals surface area contributed by atoms with E-state index in [2.05, 4.69) is 86.9 Å². The van der Waals surface area contributed by atoms with Crippen LogP contribution in [0.3, 0.4) is 0 Å². The first kappa shape index (κ1) is 16.2. The first-order valence-corrected chi connectivity index (χ1v) is 11.6. The predicted molar refractivity (Wildman–Crippen MR) is 111 cm³/mol. The Morgan fingerprint density at radius 3 is 1.58 bits per heavy atom. The molecule has 1 heterocycles. The lowest BCUT2D eigenvalue weighted by atomic mass is 9.92. The van der Waals surface area contributed by atoms with Crippen LogP contribution in [0.5, 0.6) is 11.5 Å². The Morgan fingerprint density at radius 2 is 1.12 bits per heavy atom. The molecule has 26 heavy (non-hydrogen) atoms. The number of benzene rings is 4. The van der Waals surface area contributed by atoms with Gasteiger partial charge in [-0.3, -0.25) is 0 Å². The molecular formula is C21H13AlO2Si2. The van der Waals surface area contributed by atoms with E-state index in [1.165, 1.54) is 21.5 Å². The Bertz CT molecular complexity index is 1100. The summed E-state index contributed by atoms with van der Waals surface area (Å²) in [5, 5.41) is 6.59. The van der Waals surface area contributed by atoms with Crippen molar-refractivity contribution in [2.45, 2.75) is 5.79 Å². The van der Waals surface area contributed by atoms with Gasteiger partial charge in [0.15, 0.2) is 0 Å². The minimum absolute atomic E-state index is 0.876. The lowest BCUT2D eigenvalue weighted by molar-refractivity contribution is 0.443. The number of hydrogen-bond donors (Lipinski definition) is 0. The quantitative estimate of drug-likeness (QED) is 0.437. The third-order valence-electron chi connectivity index (χ3n) is 4.82. The van der Waals surface area contributed by atoms with Gasteiger partial charge in [-0.15, -0.1) is 0 Å². The van der Waals surface area contributed by atoms with E-state index >= 15 is 0 Å². The van der Waals surface area contributed by atoms with E-state index in [-0.39, 0.29) is 0 Å². The molecule has 0 aliphatic carbocycles. The molecule has 4 aromatic rings. The highest BCUT2D eigenvalue weighted by atomic mass is 28.1. The SMILES string of the molecule is [CH3][Al]1[O]c2c([Si])cc3ccccc3c2-c2c(c([Si])cc3ccccc23)[O]1. The van der Waals surface area contributed by atoms with Gasteiger partial charge < -0.3 is 7.58 Å². The van der Waals surface area contributed by atoms with Crippen LogP contribution < -0.4 is 18.0 Å². The number of rotatable bonds is 0. The third-order valence-corrected chi connectivity index (χ3v) is 6.70. The molecule has 0 unspecified atom stereocenters. The zero-order chi connectivity index (χ0) is 17.8. The molecule has 0 atom stereocenters. The molecule has 6 radical (unpaired) electrons. The Labute approximate surface area is 163 Å². The maximum absolute atomic E-state index is 6.33. The van der Waals surface area contributed by atoms with Crippen molar-refractivity contribution in [3.8, 4) is 22.6 Å². The van der Waals surface area contributed by atoms with E-state index in [1.807, 2.05) is 0 Å². The number of fused-ring (bicyclic) bond motifs is 7. The van der Waals surface area contributed by atoms with Crippen LogP contribution in [0.25, 0.3) is 32.7 Å². The van der Waals surface area contributed by atoms with Gasteiger partial charge in [-0.1, -0.05) is 60.7 Å². The Balaban J connectivity index is 2.05. The molecule has 4 aromatic carbocycles. The minimum Gasteiger partial charge on any atom is -0.612 e. The van der Waals surface area contributed by atoms with Crippen LogP contribution in [0.2, 0.25) is 5.79 Å². The van der Waals surface area contributed by atoms with Crippen LogP contribution in [-0.4, -0.2) is 35.3 Å². The molecule has 1 aliphatic rings. The first-order chi connectivity index (χ1) is 12.6. The van der Waals surface area contributed by atoms with Gasteiger partial charge in [0.25, 0.3) is 0 Å². The number of hydrogen-bond acceptors (Lipinski definition) is 2. The molecule has 0 N–H and O–H groups in total. The Hall–Kier alpha value is -2.03. The second-order valence-electron chi connectivity index (χ2n) is 6.50. The van der Waals surface area contributed by atoms with Crippen LogP contribution in [0.15, 0.2) is 60.7 Å². The van der Waals surface area contributed by atoms with Crippen molar-refractivity contribution in [2.24, 2.45) is 0 Å². The van der Waals surface area contributed by atoms with E-state index in [4.69, 9.17) is 7.58 Å². The summed E-state index contributed by atoms with van der Waals surface area (Å²) in [6.45, 7) is 0. The Kier molecular flexibility index (Phi) is 3.73. The highest BCUT2D eigenvalue weighted by Gasteiger charge is 2.34. The fourth-order valence-electron chi connectivity index (χ4n) is 3.75. The summed E-state index contributed by atoms with van der Waals surface area (Å²) in [7, 11) is 7.58. The van der Waals surface area contributed by atoms with Crippen LogP contribution in [0.4, 0.5) is 0 Å². The largest absolute Gasteiger partial charge is 0.853 e. The topological polar surface area (TPSA) is 18.5 Å². The van der Waals surface area contributed by atoms with Gasteiger partial charge in [0.05, 0.1) is 32.0 Å². The van der Waals surface area contributed by atoms with Crippen LogP contribution in [0, 0.1) is 0 Å². The molecule has 0 bridgehead atoms. The average Bonchev–Trinajstić information content (AvgIpc) is 2.79. The zero-order valence-corrected chi connectivity index (χ0v) is 17.3. The summed E-state index contributed by atoms with van der Waals surface area (Å²) in [6.07, 6.45) is 0. The maximum Gasteiger partial charge on any atom is 0.853 e. The molecule has 0 fully saturated rings. The van der Waals surface area contributed by atoms with Gasteiger partial charge in [0.1, 0.15) is 0 Å².